The first-order chi connectivity index (χ1) is 13.0. The van der Waals surface area contributed by atoms with Crippen LogP contribution < -0.4 is 0 Å². The van der Waals surface area contributed by atoms with Crippen LogP contribution >= 0.6 is 0 Å². The lowest BCUT2D eigenvalue weighted by Crippen LogP contribution is -2.26. The van der Waals surface area contributed by atoms with E-state index in [-0.39, 0.29) is 11.3 Å². The molecule has 0 bridgehead atoms. The van der Waals surface area contributed by atoms with E-state index >= 15 is 0 Å². The summed E-state index contributed by atoms with van der Waals surface area (Å²) in [5.74, 6) is -2.06. The number of halogens is 3. The molecule has 0 saturated carbocycles. The van der Waals surface area contributed by atoms with Gasteiger partial charge < -0.3 is 0 Å². The highest BCUT2D eigenvalue weighted by atomic mass is 19.4. The van der Waals surface area contributed by atoms with Crippen LogP contribution in [-0.4, -0.2) is 31.8 Å². The van der Waals surface area contributed by atoms with E-state index in [9.17, 15) is 18.0 Å². The molecule has 134 valence electrons. The number of hydrogen-bond acceptors (Lipinski definition) is 4. The van der Waals surface area contributed by atoms with Gasteiger partial charge in [0.1, 0.15) is 5.69 Å². The zero-order valence-electron chi connectivity index (χ0n) is 13.7. The molecule has 5 nitrogen and oxygen atoms in total. The number of fused-ring (bicyclic) bond motifs is 1. The number of carbonyl (C=O) groups excluding carboxylic acids is 1. The number of benzene rings is 2. The Kier molecular flexibility index (Phi) is 3.95. The lowest BCUT2D eigenvalue weighted by Gasteiger charge is -2.11. The first-order valence-electron chi connectivity index (χ1n) is 7.93. The molecule has 0 aliphatic carbocycles. The Morgan fingerprint density at radius 2 is 1.44 bits per heavy atom. The molecule has 0 spiro atoms. The molecule has 4 rings (SSSR count). The number of nitrogens with zero attached hydrogens (tertiary/aromatic N) is 4. The number of rotatable bonds is 3. The number of aromatic nitrogens is 4. The highest BCUT2D eigenvalue weighted by Gasteiger charge is 2.43. The quantitative estimate of drug-likeness (QED) is 0.509. The molecule has 8 heteroatoms. The molecular weight excluding hydrogens is 357 g/mol. The molecule has 2 aromatic heterocycles. The Balaban J connectivity index is 2.02. The number of carbonyl (C=O) groups is 1. The molecule has 0 saturated heterocycles. The average molecular weight is 368 g/mol. The van der Waals surface area contributed by atoms with Gasteiger partial charge in [0, 0.05) is 11.1 Å². The summed E-state index contributed by atoms with van der Waals surface area (Å²) in [4.78, 5) is 11.9. The summed E-state index contributed by atoms with van der Waals surface area (Å²) >= 11 is 0. The Bertz CT molecular complexity index is 1120. The van der Waals surface area contributed by atoms with Crippen molar-refractivity contribution in [1.29, 1.82) is 0 Å². The van der Waals surface area contributed by atoms with Crippen molar-refractivity contribution in [3.63, 3.8) is 0 Å². The summed E-state index contributed by atoms with van der Waals surface area (Å²) in [5.41, 5.74) is 1.20. The van der Waals surface area contributed by atoms with E-state index in [1.165, 1.54) is 10.7 Å². The molecule has 0 N–H and O–H groups in total. The fourth-order valence-electron chi connectivity index (χ4n) is 2.81. The van der Waals surface area contributed by atoms with Gasteiger partial charge in [-0.15, -0.1) is 10.2 Å². The smallest absolute Gasteiger partial charge is 0.282 e. The third-order valence-corrected chi connectivity index (χ3v) is 4.03. The van der Waals surface area contributed by atoms with Crippen molar-refractivity contribution in [2.24, 2.45) is 0 Å². The Labute approximate surface area is 151 Å². The van der Waals surface area contributed by atoms with E-state index < -0.39 is 17.7 Å². The Morgan fingerprint density at radius 1 is 0.852 bits per heavy atom. The van der Waals surface area contributed by atoms with Crippen LogP contribution in [0.25, 0.3) is 28.0 Å². The third kappa shape index (κ3) is 2.95. The van der Waals surface area contributed by atoms with E-state index in [0.29, 0.717) is 11.1 Å². The second-order valence-electron chi connectivity index (χ2n) is 5.75. The number of Topliss-reactive ketones (excluding diaryl/α,β-unsaturated/α-hetero) is 1. The minimum Gasteiger partial charge on any atom is -0.282 e. The van der Waals surface area contributed by atoms with Gasteiger partial charge in [0.25, 0.3) is 5.78 Å². The molecule has 27 heavy (non-hydrogen) atoms. The van der Waals surface area contributed by atoms with Gasteiger partial charge in [-0.25, -0.2) is 4.52 Å². The van der Waals surface area contributed by atoms with Crippen molar-refractivity contribution in [3.8, 4) is 22.4 Å². The fraction of sp³-hybridized carbons (Fsp3) is 0.0526. The molecule has 0 amide bonds. The van der Waals surface area contributed by atoms with Crippen LogP contribution in [0.2, 0.25) is 0 Å². The molecule has 0 aliphatic rings. The zero-order chi connectivity index (χ0) is 19.0. The monoisotopic (exact) mass is 368 g/mol. The molecule has 2 heterocycles. The predicted octanol–water partition coefficient (Wildman–Crippen LogP) is 4.20. The summed E-state index contributed by atoms with van der Waals surface area (Å²) in [5, 5.41) is 11.7. The molecule has 0 radical (unpaired) electrons. The third-order valence-electron chi connectivity index (χ3n) is 4.03. The van der Waals surface area contributed by atoms with Crippen LogP contribution in [0.5, 0.6) is 0 Å². The van der Waals surface area contributed by atoms with Crippen LogP contribution in [0, 0.1) is 0 Å². The van der Waals surface area contributed by atoms with Gasteiger partial charge in [0.2, 0.25) is 0 Å². The maximum Gasteiger partial charge on any atom is 0.456 e. The van der Waals surface area contributed by atoms with Crippen molar-refractivity contribution in [1.82, 2.24) is 19.8 Å². The fourth-order valence-corrected chi connectivity index (χ4v) is 2.81. The van der Waals surface area contributed by atoms with Crippen LogP contribution in [0.15, 0.2) is 66.9 Å². The van der Waals surface area contributed by atoms with Gasteiger partial charge in [-0.1, -0.05) is 60.7 Å². The maximum absolute atomic E-state index is 13.1. The maximum atomic E-state index is 13.1. The van der Waals surface area contributed by atoms with E-state index in [2.05, 4.69) is 15.3 Å². The van der Waals surface area contributed by atoms with Crippen molar-refractivity contribution < 1.29 is 18.0 Å². The summed E-state index contributed by atoms with van der Waals surface area (Å²) in [7, 11) is 0. The van der Waals surface area contributed by atoms with E-state index in [1.807, 2.05) is 30.3 Å². The average Bonchev–Trinajstić information content (AvgIpc) is 3.11. The summed E-state index contributed by atoms with van der Waals surface area (Å²) < 4.78 is 40.4. The standard InChI is InChI=1S/C19H11F3N4O/c20-19(21,22)17(27)15-16(13-9-5-2-6-10-13)26-18(25-24-15)14(11-23-26)12-7-3-1-4-8-12/h1-11H. The van der Waals surface area contributed by atoms with Crippen LogP contribution in [0.3, 0.4) is 0 Å². The SMILES string of the molecule is O=C(c1nnc2c(-c3ccccc3)cnn2c1-c1ccccc1)C(F)(F)F. The van der Waals surface area contributed by atoms with Crippen LogP contribution in [0.4, 0.5) is 13.2 Å². The second kappa shape index (κ2) is 6.31. The van der Waals surface area contributed by atoms with Gasteiger partial charge in [-0.05, 0) is 5.56 Å². The molecule has 2 aromatic carbocycles. The summed E-state index contributed by atoms with van der Waals surface area (Å²) in [6.45, 7) is 0. The van der Waals surface area contributed by atoms with Crippen molar-refractivity contribution in [2.45, 2.75) is 6.18 Å². The van der Waals surface area contributed by atoms with Gasteiger partial charge >= 0.3 is 6.18 Å². The first kappa shape index (κ1) is 16.9. The molecular formula is C19H11F3N4O. The minimum absolute atomic E-state index is 0.0508. The summed E-state index contributed by atoms with van der Waals surface area (Å²) in [6, 6.07) is 17.4. The van der Waals surface area contributed by atoms with Crippen LogP contribution in [0.1, 0.15) is 10.5 Å². The van der Waals surface area contributed by atoms with Crippen molar-refractivity contribution in [3.05, 3.63) is 72.6 Å². The van der Waals surface area contributed by atoms with Gasteiger partial charge in [0.15, 0.2) is 11.3 Å². The van der Waals surface area contributed by atoms with Gasteiger partial charge in [0.05, 0.1) is 6.20 Å². The highest BCUT2D eigenvalue weighted by Crippen LogP contribution is 2.31. The van der Waals surface area contributed by atoms with E-state index in [1.54, 1.807) is 30.3 Å². The summed E-state index contributed by atoms with van der Waals surface area (Å²) in [6.07, 6.45) is -3.57. The lowest BCUT2D eigenvalue weighted by molar-refractivity contribution is -0.0888. The Hall–Kier alpha value is -3.55. The largest absolute Gasteiger partial charge is 0.456 e. The normalized spacial score (nSPS) is 11.7. The Morgan fingerprint density at radius 3 is 2.04 bits per heavy atom. The van der Waals surface area contributed by atoms with E-state index in [4.69, 9.17) is 0 Å². The second-order valence-corrected chi connectivity index (χ2v) is 5.75. The first-order valence-corrected chi connectivity index (χ1v) is 7.93. The number of alkyl halides is 3. The van der Waals surface area contributed by atoms with Crippen LogP contribution in [-0.2, 0) is 0 Å². The molecule has 0 atom stereocenters. The predicted molar refractivity (Wildman–Crippen MR) is 92.0 cm³/mol. The topological polar surface area (TPSA) is 60.2 Å². The number of ketones is 1. The lowest BCUT2D eigenvalue weighted by atomic mass is 10.1. The minimum atomic E-state index is -5.07. The molecule has 0 fully saturated rings. The van der Waals surface area contributed by atoms with E-state index in [0.717, 1.165) is 5.56 Å². The zero-order valence-corrected chi connectivity index (χ0v) is 13.7. The van der Waals surface area contributed by atoms with Gasteiger partial charge in [-0.2, -0.15) is 18.3 Å². The molecule has 0 unspecified atom stereocenters. The van der Waals surface area contributed by atoms with Crippen molar-refractivity contribution >= 4 is 11.4 Å². The highest BCUT2D eigenvalue weighted by molar-refractivity contribution is 6.03. The van der Waals surface area contributed by atoms with Crippen molar-refractivity contribution in [2.75, 3.05) is 0 Å². The number of hydrogen-bond donors (Lipinski definition) is 0. The van der Waals surface area contributed by atoms with Gasteiger partial charge in [-0.3, -0.25) is 4.79 Å². The molecule has 4 aromatic rings. The molecule has 0 aliphatic heterocycles.